The largest absolute Gasteiger partial charge is 0.416 e. The van der Waals surface area contributed by atoms with Crippen LogP contribution in [0.25, 0.3) is 0 Å². The first-order valence-electron chi connectivity index (χ1n) is 6.37. The number of amides is 1. The van der Waals surface area contributed by atoms with Gasteiger partial charge in [-0.3, -0.25) is 4.79 Å². The lowest BCUT2D eigenvalue weighted by atomic mass is 10.0. The number of carbonyl (C=O) groups is 1. The molecule has 0 aliphatic heterocycles. The van der Waals surface area contributed by atoms with Gasteiger partial charge in [-0.25, -0.2) is 4.98 Å². The summed E-state index contributed by atoms with van der Waals surface area (Å²) in [5, 5.41) is 2.64. The second kappa shape index (κ2) is 6.36. The van der Waals surface area contributed by atoms with Gasteiger partial charge in [0, 0.05) is 6.20 Å². The summed E-state index contributed by atoms with van der Waals surface area (Å²) in [7, 11) is 0. The van der Waals surface area contributed by atoms with Crippen molar-refractivity contribution in [3.8, 4) is 0 Å². The summed E-state index contributed by atoms with van der Waals surface area (Å²) in [5.41, 5.74) is -0.239. The lowest BCUT2D eigenvalue weighted by Crippen LogP contribution is -2.27. The predicted octanol–water partition coefficient (Wildman–Crippen LogP) is 4.24. The van der Waals surface area contributed by atoms with E-state index in [2.05, 4.69) is 10.3 Å². The number of nitrogens with one attached hydrogen (secondary N) is 1. The number of halogens is 4. The van der Waals surface area contributed by atoms with Gasteiger partial charge in [0.15, 0.2) is 0 Å². The van der Waals surface area contributed by atoms with Gasteiger partial charge < -0.3 is 5.32 Å². The van der Waals surface area contributed by atoms with Crippen molar-refractivity contribution in [2.75, 3.05) is 0 Å². The molecule has 0 radical (unpaired) electrons. The fraction of sp³-hybridized carbons (Fsp3) is 0.200. The predicted molar refractivity (Wildman–Crippen MR) is 76.6 cm³/mol. The molecule has 0 bridgehead atoms. The Hall–Kier alpha value is -2.08. The zero-order chi connectivity index (χ0) is 16.3. The molecule has 1 atom stereocenters. The molecule has 1 heterocycles. The molecule has 0 aliphatic carbocycles. The van der Waals surface area contributed by atoms with Crippen LogP contribution in [-0.4, -0.2) is 10.9 Å². The van der Waals surface area contributed by atoms with E-state index < -0.39 is 23.7 Å². The number of hydrogen-bond donors (Lipinski definition) is 1. The zero-order valence-corrected chi connectivity index (χ0v) is 12.2. The Morgan fingerprint density at radius 1 is 1.27 bits per heavy atom. The number of hydrogen-bond acceptors (Lipinski definition) is 2. The number of nitrogens with zero attached hydrogens (tertiary/aromatic N) is 1. The molecule has 2 aromatic rings. The number of pyridine rings is 1. The van der Waals surface area contributed by atoms with Crippen molar-refractivity contribution in [3.05, 3.63) is 64.4 Å². The second-order valence-electron chi connectivity index (χ2n) is 4.66. The van der Waals surface area contributed by atoms with Crippen LogP contribution < -0.4 is 5.32 Å². The van der Waals surface area contributed by atoms with E-state index in [0.717, 1.165) is 12.1 Å². The van der Waals surface area contributed by atoms with Gasteiger partial charge >= 0.3 is 6.18 Å². The van der Waals surface area contributed by atoms with E-state index >= 15 is 0 Å². The van der Waals surface area contributed by atoms with Gasteiger partial charge in [-0.2, -0.15) is 13.2 Å². The molecule has 7 heteroatoms. The highest BCUT2D eigenvalue weighted by Crippen LogP contribution is 2.30. The fourth-order valence-electron chi connectivity index (χ4n) is 1.90. The molecule has 0 saturated carbocycles. The third-order valence-electron chi connectivity index (χ3n) is 3.07. The van der Waals surface area contributed by atoms with Crippen LogP contribution in [0, 0.1) is 0 Å². The standard InChI is InChI=1S/C15H12ClF3N2O/c1-9(10-4-2-5-11(8-10)15(17,18)19)21-14(22)12-6-3-7-20-13(12)16/h2-9H,1H3,(H,21,22). The van der Waals surface area contributed by atoms with Crippen LogP contribution in [-0.2, 0) is 6.18 Å². The molecule has 0 fully saturated rings. The van der Waals surface area contributed by atoms with Gasteiger partial charge in [-0.05, 0) is 36.8 Å². The summed E-state index contributed by atoms with van der Waals surface area (Å²) in [6, 6.07) is 7.25. The van der Waals surface area contributed by atoms with Crippen molar-refractivity contribution in [3.63, 3.8) is 0 Å². The van der Waals surface area contributed by atoms with Gasteiger partial charge in [0.1, 0.15) is 5.15 Å². The molecule has 1 amide bonds. The van der Waals surface area contributed by atoms with Crippen LogP contribution in [0.4, 0.5) is 13.2 Å². The Morgan fingerprint density at radius 3 is 2.64 bits per heavy atom. The Bertz CT molecular complexity index is 688. The van der Waals surface area contributed by atoms with Gasteiger partial charge in [-0.15, -0.1) is 0 Å². The van der Waals surface area contributed by atoms with Crippen LogP contribution in [0.3, 0.4) is 0 Å². The summed E-state index contributed by atoms with van der Waals surface area (Å²) in [5.74, 6) is -0.497. The molecule has 22 heavy (non-hydrogen) atoms. The van der Waals surface area contributed by atoms with E-state index in [4.69, 9.17) is 11.6 Å². The smallest absolute Gasteiger partial charge is 0.345 e. The summed E-state index contributed by atoms with van der Waals surface area (Å²) in [4.78, 5) is 15.9. The summed E-state index contributed by atoms with van der Waals surface area (Å²) < 4.78 is 38.1. The highest BCUT2D eigenvalue weighted by atomic mass is 35.5. The Kier molecular flexibility index (Phi) is 4.71. The number of benzene rings is 1. The minimum Gasteiger partial charge on any atom is -0.345 e. The molecule has 1 unspecified atom stereocenters. The van der Waals surface area contributed by atoms with Crippen LogP contribution in [0.1, 0.15) is 34.5 Å². The average Bonchev–Trinajstić information content (AvgIpc) is 2.46. The third-order valence-corrected chi connectivity index (χ3v) is 3.37. The number of alkyl halides is 3. The minimum absolute atomic E-state index is 0.0382. The van der Waals surface area contributed by atoms with Crippen molar-refractivity contribution in [1.82, 2.24) is 10.3 Å². The first-order chi connectivity index (χ1) is 10.3. The van der Waals surface area contributed by atoms with Crippen molar-refractivity contribution in [1.29, 1.82) is 0 Å². The van der Waals surface area contributed by atoms with Crippen molar-refractivity contribution in [2.45, 2.75) is 19.1 Å². The first-order valence-corrected chi connectivity index (χ1v) is 6.75. The maximum atomic E-state index is 12.7. The monoisotopic (exact) mass is 328 g/mol. The summed E-state index contributed by atoms with van der Waals surface area (Å²) >= 11 is 5.81. The minimum atomic E-state index is -4.42. The third kappa shape index (κ3) is 3.76. The SMILES string of the molecule is CC(NC(=O)c1cccnc1Cl)c1cccc(C(F)(F)F)c1. The van der Waals surface area contributed by atoms with Gasteiger partial charge in [0.25, 0.3) is 5.91 Å². The van der Waals surface area contributed by atoms with Crippen LogP contribution in [0.5, 0.6) is 0 Å². The fourth-order valence-corrected chi connectivity index (χ4v) is 2.10. The maximum absolute atomic E-state index is 12.7. The molecule has 0 saturated heterocycles. The number of rotatable bonds is 3. The van der Waals surface area contributed by atoms with Crippen molar-refractivity contribution >= 4 is 17.5 Å². The van der Waals surface area contributed by atoms with Gasteiger partial charge in [-0.1, -0.05) is 23.7 Å². The van der Waals surface area contributed by atoms with E-state index in [0.29, 0.717) is 5.56 Å². The lowest BCUT2D eigenvalue weighted by molar-refractivity contribution is -0.137. The molecule has 1 aromatic heterocycles. The van der Waals surface area contributed by atoms with Gasteiger partial charge in [0.05, 0.1) is 17.2 Å². The molecule has 3 nitrogen and oxygen atoms in total. The van der Waals surface area contributed by atoms with Crippen molar-refractivity contribution in [2.24, 2.45) is 0 Å². The lowest BCUT2D eigenvalue weighted by Gasteiger charge is -2.16. The molecule has 0 aliphatic rings. The molecule has 2 rings (SSSR count). The Labute approximate surface area is 130 Å². The average molecular weight is 329 g/mol. The molecular formula is C15H12ClF3N2O. The van der Waals surface area contributed by atoms with Gasteiger partial charge in [0.2, 0.25) is 0 Å². The highest BCUT2D eigenvalue weighted by molar-refractivity contribution is 6.32. The molecule has 0 spiro atoms. The molecule has 1 aromatic carbocycles. The Morgan fingerprint density at radius 2 is 2.00 bits per heavy atom. The van der Waals surface area contributed by atoms with E-state index in [-0.39, 0.29) is 10.7 Å². The van der Waals surface area contributed by atoms with Crippen LogP contribution >= 0.6 is 11.6 Å². The molecule has 116 valence electrons. The first kappa shape index (κ1) is 16.3. The van der Waals surface area contributed by atoms with Crippen LogP contribution in [0.15, 0.2) is 42.6 Å². The van der Waals surface area contributed by atoms with Crippen LogP contribution in [0.2, 0.25) is 5.15 Å². The molecule has 1 N–H and O–H groups in total. The summed E-state index contributed by atoms with van der Waals surface area (Å²) in [6.45, 7) is 1.59. The van der Waals surface area contributed by atoms with E-state index in [9.17, 15) is 18.0 Å². The molecular weight excluding hydrogens is 317 g/mol. The maximum Gasteiger partial charge on any atom is 0.416 e. The topological polar surface area (TPSA) is 42.0 Å². The quantitative estimate of drug-likeness (QED) is 0.856. The van der Waals surface area contributed by atoms with E-state index in [1.54, 1.807) is 13.0 Å². The second-order valence-corrected chi connectivity index (χ2v) is 5.02. The highest BCUT2D eigenvalue weighted by Gasteiger charge is 2.30. The number of carbonyl (C=O) groups excluding carboxylic acids is 1. The van der Waals surface area contributed by atoms with E-state index in [1.165, 1.54) is 24.4 Å². The van der Waals surface area contributed by atoms with Crippen molar-refractivity contribution < 1.29 is 18.0 Å². The van der Waals surface area contributed by atoms with E-state index in [1.807, 2.05) is 0 Å². The Balaban J connectivity index is 2.18. The number of aromatic nitrogens is 1. The zero-order valence-electron chi connectivity index (χ0n) is 11.5. The summed E-state index contributed by atoms with van der Waals surface area (Å²) in [6.07, 6.45) is -2.98. The normalized spacial score (nSPS) is 12.8.